The Kier molecular flexibility index (Phi) is 3.94. The van der Waals surface area contributed by atoms with Gasteiger partial charge in [0.1, 0.15) is 11.6 Å². The van der Waals surface area contributed by atoms with Gasteiger partial charge in [0.2, 0.25) is 0 Å². The molecule has 1 aromatic carbocycles. The van der Waals surface area contributed by atoms with E-state index < -0.39 is 23.7 Å². The van der Waals surface area contributed by atoms with Crippen LogP contribution < -0.4 is 0 Å². The number of hydrogen-bond acceptors (Lipinski definition) is 2. The third-order valence-electron chi connectivity index (χ3n) is 3.97. The highest BCUT2D eigenvalue weighted by Crippen LogP contribution is 2.33. The Morgan fingerprint density at radius 2 is 2.04 bits per heavy atom. The summed E-state index contributed by atoms with van der Waals surface area (Å²) >= 11 is 0. The molecule has 0 saturated heterocycles. The van der Waals surface area contributed by atoms with E-state index >= 15 is 0 Å². The molecule has 2 aromatic rings. The highest BCUT2D eigenvalue weighted by Gasteiger charge is 2.34. The van der Waals surface area contributed by atoms with Gasteiger partial charge in [-0.15, -0.1) is 0 Å². The summed E-state index contributed by atoms with van der Waals surface area (Å²) in [5, 5.41) is 8.99. The maximum absolute atomic E-state index is 13.2. The number of amides is 1. The van der Waals surface area contributed by atoms with Crippen molar-refractivity contribution in [1.29, 1.82) is 0 Å². The predicted molar refractivity (Wildman–Crippen MR) is 74.9 cm³/mol. The van der Waals surface area contributed by atoms with Crippen LogP contribution in [0, 0.1) is 5.82 Å². The molecule has 1 N–H and O–H groups in total. The van der Waals surface area contributed by atoms with Gasteiger partial charge >= 0.3 is 12.3 Å². The standard InChI is InChI=1S/C15H13F4N3O2/c16-10-2-1-9(12(6-10)15(17,18)19)5-11-7-20-13-8-21(14(23)24)3-4-22(11)13/h1-2,6-7H,3-5,8H2,(H,23,24). The number of imidazole rings is 1. The summed E-state index contributed by atoms with van der Waals surface area (Å²) in [6.07, 6.45) is -4.34. The first-order chi connectivity index (χ1) is 11.3. The maximum atomic E-state index is 13.2. The Hall–Kier alpha value is -2.58. The summed E-state index contributed by atoms with van der Waals surface area (Å²) in [7, 11) is 0. The lowest BCUT2D eigenvalue weighted by Crippen LogP contribution is -2.37. The molecule has 1 amide bonds. The molecule has 0 fully saturated rings. The fourth-order valence-electron chi connectivity index (χ4n) is 2.79. The van der Waals surface area contributed by atoms with E-state index in [4.69, 9.17) is 5.11 Å². The van der Waals surface area contributed by atoms with Crippen LogP contribution in [0.15, 0.2) is 24.4 Å². The second kappa shape index (κ2) is 5.81. The Balaban J connectivity index is 1.91. The largest absolute Gasteiger partial charge is 0.465 e. The summed E-state index contributed by atoms with van der Waals surface area (Å²) in [5.74, 6) is -0.465. The summed E-state index contributed by atoms with van der Waals surface area (Å²) in [6.45, 7) is 0.644. The van der Waals surface area contributed by atoms with Crippen molar-refractivity contribution in [3.8, 4) is 0 Å². The fraction of sp³-hybridized carbons (Fsp3) is 0.333. The predicted octanol–water partition coefficient (Wildman–Crippen LogP) is 3.13. The molecular formula is C15H13F4N3O2. The Morgan fingerprint density at radius 1 is 1.29 bits per heavy atom. The van der Waals surface area contributed by atoms with Crippen molar-refractivity contribution in [2.24, 2.45) is 0 Å². The highest BCUT2D eigenvalue weighted by atomic mass is 19.4. The molecule has 0 saturated carbocycles. The minimum Gasteiger partial charge on any atom is -0.465 e. The number of hydrogen-bond donors (Lipinski definition) is 1. The lowest BCUT2D eigenvalue weighted by Gasteiger charge is -2.26. The van der Waals surface area contributed by atoms with E-state index in [2.05, 4.69) is 4.98 Å². The van der Waals surface area contributed by atoms with Crippen LogP contribution in [-0.4, -0.2) is 32.2 Å². The van der Waals surface area contributed by atoms with Gasteiger partial charge in [-0.05, 0) is 17.7 Å². The zero-order chi connectivity index (χ0) is 17.5. The van der Waals surface area contributed by atoms with Crippen LogP contribution in [0.4, 0.5) is 22.4 Å². The van der Waals surface area contributed by atoms with E-state index in [1.807, 2.05) is 0 Å². The van der Waals surface area contributed by atoms with Gasteiger partial charge < -0.3 is 9.67 Å². The number of fused-ring (bicyclic) bond motifs is 1. The van der Waals surface area contributed by atoms with Crippen molar-refractivity contribution >= 4 is 6.09 Å². The normalized spacial score (nSPS) is 14.6. The van der Waals surface area contributed by atoms with E-state index in [-0.39, 0.29) is 25.1 Å². The van der Waals surface area contributed by atoms with Gasteiger partial charge in [-0.2, -0.15) is 13.2 Å². The van der Waals surface area contributed by atoms with Crippen LogP contribution in [0.2, 0.25) is 0 Å². The van der Waals surface area contributed by atoms with Crippen molar-refractivity contribution in [1.82, 2.24) is 14.5 Å². The first-order valence-corrected chi connectivity index (χ1v) is 7.12. The van der Waals surface area contributed by atoms with Gasteiger partial charge in [0.25, 0.3) is 0 Å². The summed E-state index contributed by atoms with van der Waals surface area (Å²) in [4.78, 5) is 16.3. The minimum atomic E-state index is -4.65. The number of carbonyl (C=O) groups is 1. The van der Waals surface area contributed by atoms with Gasteiger partial charge in [0, 0.05) is 31.4 Å². The molecule has 9 heteroatoms. The highest BCUT2D eigenvalue weighted by molar-refractivity contribution is 5.65. The van der Waals surface area contributed by atoms with Crippen molar-refractivity contribution in [3.63, 3.8) is 0 Å². The average molecular weight is 343 g/mol. The minimum absolute atomic E-state index is 0.0488. The molecule has 0 spiro atoms. The zero-order valence-corrected chi connectivity index (χ0v) is 12.3. The molecular weight excluding hydrogens is 330 g/mol. The first kappa shape index (κ1) is 16.3. The van der Waals surface area contributed by atoms with Gasteiger partial charge in [0.15, 0.2) is 0 Å². The third-order valence-corrected chi connectivity index (χ3v) is 3.97. The molecule has 5 nitrogen and oxygen atoms in total. The quantitative estimate of drug-likeness (QED) is 0.853. The van der Waals surface area contributed by atoms with Crippen molar-refractivity contribution < 1.29 is 27.5 Å². The van der Waals surface area contributed by atoms with Crippen molar-refractivity contribution in [2.45, 2.75) is 25.7 Å². The number of nitrogens with zero attached hydrogens (tertiary/aromatic N) is 3. The van der Waals surface area contributed by atoms with E-state index in [9.17, 15) is 22.4 Å². The summed E-state index contributed by atoms with van der Waals surface area (Å²) < 4.78 is 54.1. The second-order valence-electron chi connectivity index (χ2n) is 5.50. The molecule has 2 heterocycles. The SMILES string of the molecule is O=C(O)N1CCn2c(Cc3ccc(F)cc3C(F)(F)F)cnc2C1. The lowest BCUT2D eigenvalue weighted by molar-refractivity contribution is -0.138. The van der Waals surface area contributed by atoms with Crippen molar-refractivity contribution in [3.05, 3.63) is 52.9 Å². The molecule has 0 unspecified atom stereocenters. The number of rotatable bonds is 2. The summed E-state index contributed by atoms with van der Waals surface area (Å²) in [6, 6.07) is 2.59. The van der Waals surface area contributed by atoms with E-state index in [1.165, 1.54) is 11.1 Å². The molecule has 1 aliphatic rings. The molecule has 128 valence electrons. The number of benzene rings is 1. The summed E-state index contributed by atoms with van der Waals surface area (Å²) in [5.41, 5.74) is -0.527. The van der Waals surface area contributed by atoms with E-state index in [0.717, 1.165) is 12.1 Å². The Labute approximate surface area is 134 Å². The average Bonchev–Trinajstić information content (AvgIpc) is 2.90. The Bertz CT molecular complexity index is 786. The van der Waals surface area contributed by atoms with Gasteiger partial charge in [-0.25, -0.2) is 14.2 Å². The Morgan fingerprint density at radius 3 is 2.71 bits per heavy atom. The third kappa shape index (κ3) is 3.06. The lowest BCUT2D eigenvalue weighted by atomic mass is 10.0. The van der Waals surface area contributed by atoms with Crippen LogP contribution in [0.5, 0.6) is 0 Å². The molecule has 0 atom stereocenters. The fourth-order valence-corrected chi connectivity index (χ4v) is 2.79. The van der Waals surface area contributed by atoms with Gasteiger partial charge in [-0.3, -0.25) is 4.90 Å². The number of alkyl halides is 3. The van der Waals surface area contributed by atoms with Crippen LogP contribution in [-0.2, 0) is 25.7 Å². The monoisotopic (exact) mass is 343 g/mol. The number of halogens is 4. The zero-order valence-electron chi connectivity index (χ0n) is 12.3. The van der Waals surface area contributed by atoms with Gasteiger partial charge in [0.05, 0.1) is 12.1 Å². The topological polar surface area (TPSA) is 58.4 Å². The molecule has 0 bridgehead atoms. The van der Waals surface area contributed by atoms with Gasteiger partial charge in [-0.1, -0.05) is 6.07 Å². The van der Waals surface area contributed by atoms with E-state index in [0.29, 0.717) is 24.1 Å². The maximum Gasteiger partial charge on any atom is 0.416 e. The molecule has 1 aliphatic heterocycles. The van der Waals surface area contributed by atoms with E-state index in [1.54, 1.807) is 4.57 Å². The molecule has 1 aromatic heterocycles. The van der Waals surface area contributed by atoms with Crippen molar-refractivity contribution in [2.75, 3.05) is 6.54 Å². The van der Waals surface area contributed by atoms with Crippen LogP contribution >= 0.6 is 0 Å². The van der Waals surface area contributed by atoms with Crippen LogP contribution in [0.1, 0.15) is 22.6 Å². The molecule has 0 aliphatic carbocycles. The molecule has 0 radical (unpaired) electrons. The smallest absolute Gasteiger partial charge is 0.416 e. The second-order valence-corrected chi connectivity index (χ2v) is 5.50. The molecule has 24 heavy (non-hydrogen) atoms. The molecule has 3 rings (SSSR count). The number of aromatic nitrogens is 2. The first-order valence-electron chi connectivity index (χ1n) is 7.12. The van der Waals surface area contributed by atoms with Crippen LogP contribution in [0.3, 0.4) is 0 Å². The number of carboxylic acid groups (broad SMARTS) is 1. The van der Waals surface area contributed by atoms with Crippen LogP contribution in [0.25, 0.3) is 0 Å².